The minimum Gasteiger partial charge on any atom is -0.494 e. The standard InChI is InChI=1S/C16H25FN2O/c1-12-7-8-18-16(2,3)11-19(12)10-13-5-6-15(20-4)14(17)9-13/h5-6,9,12,18H,7-8,10-11H2,1-4H3. The molecule has 1 heterocycles. The monoisotopic (exact) mass is 280 g/mol. The number of hydrogen-bond acceptors (Lipinski definition) is 3. The van der Waals surface area contributed by atoms with Gasteiger partial charge in [-0.15, -0.1) is 0 Å². The maximum atomic E-state index is 13.8. The van der Waals surface area contributed by atoms with Gasteiger partial charge in [0.15, 0.2) is 11.6 Å². The average molecular weight is 280 g/mol. The number of nitrogens with zero attached hydrogens (tertiary/aromatic N) is 1. The third-order valence-corrected chi connectivity index (χ3v) is 3.99. The van der Waals surface area contributed by atoms with Gasteiger partial charge in [-0.2, -0.15) is 0 Å². The van der Waals surface area contributed by atoms with Crippen LogP contribution < -0.4 is 10.1 Å². The second-order valence-corrected chi connectivity index (χ2v) is 6.32. The Bertz CT molecular complexity index is 462. The molecule has 3 nitrogen and oxygen atoms in total. The molecule has 1 fully saturated rings. The number of hydrogen-bond donors (Lipinski definition) is 1. The van der Waals surface area contributed by atoms with E-state index in [4.69, 9.17) is 4.74 Å². The van der Waals surface area contributed by atoms with Crippen molar-refractivity contribution in [1.82, 2.24) is 10.2 Å². The van der Waals surface area contributed by atoms with Crippen LogP contribution in [0.4, 0.5) is 4.39 Å². The first kappa shape index (κ1) is 15.3. The lowest BCUT2D eigenvalue weighted by molar-refractivity contribution is 0.173. The van der Waals surface area contributed by atoms with Gasteiger partial charge in [0, 0.05) is 24.7 Å². The fraction of sp³-hybridized carbons (Fsp3) is 0.625. The van der Waals surface area contributed by atoms with Gasteiger partial charge in [-0.05, 0) is 51.4 Å². The highest BCUT2D eigenvalue weighted by Gasteiger charge is 2.27. The Labute approximate surface area is 121 Å². The molecule has 20 heavy (non-hydrogen) atoms. The smallest absolute Gasteiger partial charge is 0.165 e. The summed E-state index contributed by atoms with van der Waals surface area (Å²) in [6, 6.07) is 5.72. The third kappa shape index (κ3) is 3.70. The number of nitrogens with one attached hydrogen (secondary N) is 1. The second kappa shape index (κ2) is 6.10. The number of methoxy groups -OCH3 is 1. The van der Waals surface area contributed by atoms with Crippen molar-refractivity contribution in [1.29, 1.82) is 0 Å². The fourth-order valence-corrected chi connectivity index (χ4v) is 2.78. The Hall–Kier alpha value is -1.13. The van der Waals surface area contributed by atoms with E-state index in [0.29, 0.717) is 11.8 Å². The molecular formula is C16H25FN2O. The molecule has 1 unspecified atom stereocenters. The maximum Gasteiger partial charge on any atom is 0.165 e. The number of halogens is 1. The summed E-state index contributed by atoms with van der Waals surface area (Å²) in [6.07, 6.45) is 1.11. The quantitative estimate of drug-likeness (QED) is 0.921. The van der Waals surface area contributed by atoms with Crippen LogP contribution in [0.25, 0.3) is 0 Å². The number of ether oxygens (including phenoxy) is 1. The van der Waals surface area contributed by atoms with Gasteiger partial charge in [0.25, 0.3) is 0 Å². The molecule has 1 aromatic rings. The zero-order valence-electron chi connectivity index (χ0n) is 12.9. The summed E-state index contributed by atoms with van der Waals surface area (Å²) in [7, 11) is 1.49. The van der Waals surface area contributed by atoms with Gasteiger partial charge in [0.1, 0.15) is 0 Å². The highest BCUT2D eigenvalue weighted by atomic mass is 19.1. The van der Waals surface area contributed by atoms with Crippen molar-refractivity contribution in [3.63, 3.8) is 0 Å². The van der Waals surface area contributed by atoms with Gasteiger partial charge in [-0.1, -0.05) is 6.07 Å². The first-order valence-electron chi connectivity index (χ1n) is 7.23. The van der Waals surface area contributed by atoms with Crippen molar-refractivity contribution >= 4 is 0 Å². The van der Waals surface area contributed by atoms with Crippen LogP contribution in [-0.4, -0.2) is 36.7 Å². The van der Waals surface area contributed by atoms with Gasteiger partial charge < -0.3 is 10.1 Å². The maximum absolute atomic E-state index is 13.8. The molecule has 1 aliphatic heterocycles. The van der Waals surface area contributed by atoms with Crippen molar-refractivity contribution in [2.45, 2.75) is 45.3 Å². The summed E-state index contributed by atoms with van der Waals surface area (Å²) in [5, 5.41) is 3.56. The zero-order valence-corrected chi connectivity index (χ0v) is 12.9. The second-order valence-electron chi connectivity index (χ2n) is 6.32. The molecule has 0 amide bonds. The van der Waals surface area contributed by atoms with Gasteiger partial charge in [-0.25, -0.2) is 4.39 Å². The summed E-state index contributed by atoms with van der Waals surface area (Å²) in [4.78, 5) is 2.42. The van der Waals surface area contributed by atoms with Crippen LogP contribution in [0, 0.1) is 5.82 Å². The summed E-state index contributed by atoms with van der Waals surface area (Å²) in [6.45, 7) is 9.43. The molecule has 0 saturated carbocycles. The molecule has 1 saturated heterocycles. The van der Waals surface area contributed by atoms with E-state index in [0.717, 1.165) is 31.6 Å². The van der Waals surface area contributed by atoms with Crippen molar-refractivity contribution in [3.05, 3.63) is 29.6 Å². The van der Waals surface area contributed by atoms with E-state index < -0.39 is 0 Å². The van der Waals surface area contributed by atoms with Crippen molar-refractivity contribution in [2.24, 2.45) is 0 Å². The summed E-state index contributed by atoms with van der Waals surface area (Å²) < 4.78 is 18.7. The summed E-state index contributed by atoms with van der Waals surface area (Å²) >= 11 is 0. The Morgan fingerprint density at radius 2 is 2.20 bits per heavy atom. The summed E-state index contributed by atoms with van der Waals surface area (Å²) in [5.74, 6) is 0.0181. The number of benzene rings is 1. The van der Waals surface area contributed by atoms with Crippen molar-refractivity contribution in [2.75, 3.05) is 20.2 Å². The lowest BCUT2D eigenvalue weighted by Crippen LogP contribution is -2.47. The molecular weight excluding hydrogens is 255 g/mol. The normalized spacial score (nSPS) is 23.4. The topological polar surface area (TPSA) is 24.5 Å². The minimum atomic E-state index is -0.287. The molecule has 1 atom stereocenters. The predicted molar refractivity (Wildman–Crippen MR) is 79.5 cm³/mol. The first-order chi connectivity index (χ1) is 9.41. The lowest BCUT2D eigenvalue weighted by Gasteiger charge is -2.33. The van der Waals surface area contributed by atoms with Crippen LogP contribution in [0.5, 0.6) is 5.75 Å². The molecule has 2 rings (SSSR count). The SMILES string of the molecule is COc1ccc(CN2CC(C)(C)NCCC2C)cc1F. The van der Waals surface area contributed by atoms with Crippen LogP contribution in [0.1, 0.15) is 32.8 Å². The van der Waals surface area contributed by atoms with E-state index in [1.807, 2.05) is 6.07 Å². The van der Waals surface area contributed by atoms with Crippen LogP contribution in [-0.2, 0) is 6.54 Å². The Balaban J connectivity index is 2.12. The molecule has 1 aliphatic rings. The van der Waals surface area contributed by atoms with Gasteiger partial charge >= 0.3 is 0 Å². The van der Waals surface area contributed by atoms with Crippen LogP contribution in [0.3, 0.4) is 0 Å². The molecule has 0 spiro atoms. The Kier molecular flexibility index (Phi) is 4.66. The molecule has 1 N–H and O–H groups in total. The summed E-state index contributed by atoms with van der Waals surface area (Å²) in [5.41, 5.74) is 1.09. The molecule has 0 aliphatic carbocycles. The average Bonchev–Trinajstić information content (AvgIpc) is 2.49. The van der Waals surface area contributed by atoms with E-state index in [1.165, 1.54) is 7.11 Å². The van der Waals surface area contributed by atoms with E-state index >= 15 is 0 Å². The molecule has 0 bridgehead atoms. The van der Waals surface area contributed by atoms with Gasteiger partial charge in [0.2, 0.25) is 0 Å². The molecule has 112 valence electrons. The Morgan fingerprint density at radius 1 is 1.45 bits per heavy atom. The fourth-order valence-electron chi connectivity index (χ4n) is 2.78. The molecule has 4 heteroatoms. The highest BCUT2D eigenvalue weighted by Crippen LogP contribution is 2.22. The van der Waals surface area contributed by atoms with Crippen LogP contribution in [0.2, 0.25) is 0 Å². The minimum absolute atomic E-state index is 0.0930. The third-order valence-electron chi connectivity index (χ3n) is 3.99. The largest absolute Gasteiger partial charge is 0.494 e. The van der Waals surface area contributed by atoms with Crippen molar-refractivity contribution in [3.8, 4) is 5.75 Å². The Morgan fingerprint density at radius 3 is 2.85 bits per heavy atom. The van der Waals surface area contributed by atoms with E-state index in [9.17, 15) is 4.39 Å². The van der Waals surface area contributed by atoms with Gasteiger partial charge in [-0.3, -0.25) is 4.90 Å². The van der Waals surface area contributed by atoms with Crippen LogP contribution >= 0.6 is 0 Å². The molecule has 1 aromatic carbocycles. The zero-order chi connectivity index (χ0) is 14.8. The van der Waals surface area contributed by atoms with E-state index in [2.05, 4.69) is 31.0 Å². The van der Waals surface area contributed by atoms with Crippen LogP contribution in [0.15, 0.2) is 18.2 Å². The van der Waals surface area contributed by atoms with E-state index in [-0.39, 0.29) is 11.4 Å². The highest BCUT2D eigenvalue weighted by molar-refractivity contribution is 5.29. The predicted octanol–water partition coefficient (Wildman–Crippen LogP) is 2.80. The van der Waals surface area contributed by atoms with E-state index in [1.54, 1.807) is 12.1 Å². The van der Waals surface area contributed by atoms with Gasteiger partial charge in [0.05, 0.1) is 7.11 Å². The number of rotatable bonds is 3. The molecule has 0 radical (unpaired) electrons. The lowest BCUT2D eigenvalue weighted by atomic mass is 10.0. The molecule has 0 aromatic heterocycles. The van der Waals surface area contributed by atoms with Crippen molar-refractivity contribution < 1.29 is 9.13 Å². The first-order valence-corrected chi connectivity index (χ1v) is 7.23.